The zero-order valence-corrected chi connectivity index (χ0v) is 8.31. The van der Waals surface area contributed by atoms with Crippen molar-refractivity contribution in [2.75, 3.05) is 12.8 Å². The van der Waals surface area contributed by atoms with E-state index in [9.17, 15) is 8.78 Å². The topological polar surface area (TPSA) is 48.1 Å². The van der Waals surface area contributed by atoms with E-state index in [1.165, 1.54) is 13.3 Å². The molecule has 2 N–H and O–H groups in total. The molecule has 1 aromatic heterocycles. The Balaban J connectivity index is 3.32. The average Bonchev–Trinajstić information content (AvgIpc) is 2.08. The summed E-state index contributed by atoms with van der Waals surface area (Å²) in [5.41, 5.74) is 5.07. The zero-order valence-electron chi connectivity index (χ0n) is 6.72. The number of hydrogen-bond donors (Lipinski definition) is 1. The van der Waals surface area contributed by atoms with Crippen LogP contribution in [0.25, 0.3) is 0 Å². The lowest BCUT2D eigenvalue weighted by Gasteiger charge is -2.10. The molecule has 0 aliphatic heterocycles. The molecule has 0 aromatic carbocycles. The molecular formula is C7H7BrF2N2O. The Labute approximate surface area is 82.0 Å². The number of pyridine rings is 1. The molecule has 1 rings (SSSR count). The minimum atomic E-state index is -2.64. The Kier molecular flexibility index (Phi) is 3.02. The van der Waals surface area contributed by atoms with Crippen molar-refractivity contribution in [3.63, 3.8) is 0 Å². The molecule has 0 atom stereocenters. The molecule has 13 heavy (non-hydrogen) atoms. The first-order valence-electron chi connectivity index (χ1n) is 3.34. The Bertz CT molecular complexity index is 320. The summed E-state index contributed by atoms with van der Waals surface area (Å²) >= 11 is 2.92. The lowest BCUT2D eigenvalue weighted by molar-refractivity contribution is 0.146. The van der Waals surface area contributed by atoms with Crippen molar-refractivity contribution in [3.05, 3.63) is 16.2 Å². The first-order chi connectivity index (χ1) is 6.07. The highest BCUT2D eigenvalue weighted by molar-refractivity contribution is 9.10. The normalized spacial score (nSPS) is 10.5. The second-order valence-electron chi connectivity index (χ2n) is 2.24. The Morgan fingerprint density at radius 3 is 2.69 bits per heavy atom. The lowest BCUT2D eigenvalue weighted by Crippen LogP contribution is -2.00. The van der Waals surface area contributed by atoms with Gasteiger partial charge in [-0.05, 0) is 15.9 Å². The third-order valence-corrected chi connectivity index (χ3v) is 2.32. The highest BCUT2D eigenvalue weighted by atomic mass is 79.9. The average molecular weight is 253 g/mol. The lowest BCUT2D eigenvalue weighted by atomic mass is 10.2. The fourth-order valence-electron chi connectivity index (χ4n) is 0.867. The van der Waals surface area contributed by atoms with Gasteiger partial charge in [0.15, 0.2) is 0 Å². The van der Waals surface area contributed by atoms with Gasteiger partial charge in [-0.3, -0.25) is 0 Å². The SMILES string of the molecule is COc1cnc(N)c(Br)c1C(F)F. The molecule has 0 saturated carbocycles. The van der Waals surface area contributed by atoms with Crippen LogP contribution in [0.15, 0.2) is 10.7 Å². The van der Waals surface area contributed by atoms with Gasteiger partial charge in [-0.25, -0.2) is 13.8 Å². The Hall–Kier alpha value is -0.910. The Morgan fingerprint density at radius 1 is 1.62 bits per heavy atom. The molecule has 0 aliphatic carbocycles. The fraction of sp³-hybridized carbons (Fsp3) is 0.286. The van der Waals surface area contributed by atoms with Gasteiger partial charge >= 0.3 is 0 Å². The number of halogens is 3. The number of rotatable bonds is 2. The van der Waals surface area contributed by atoms with Crippen molar-refractivity contribution in [2.45, 2.75) is 6.43 Å². The van der Waals surface area contributed by atoms with Gasteiger partial charge < -0.3 is 10.5 Å². The van der Waals surface area contributed by atoms with Crippen molar-refractivity contribution in [1.29, 1.82) is 0 Å². The van der Waals surface area contributed by atoms with Crippen molar-refractivity contribution >= 4 is 21.7 Å². The summed E-state index contributed by atoms with van der Waals surface area (Å²) in [7, 11) is 1.30. The van der Waals surface area contributed by atoms with Crippen LogP contribution in [0.5, 0.6) is 5.75 Å². The van der Waals surface area contributed by atoms with Crippen molar-refractivity contribution < 1.29 is 13.5 Å². The quantitative estimate of drug-likeness (QED) is 0.880. The van der Waals surface area contributed by atoms with Crippen molar-refractivity contribution in [1.82, 2.24) is 4.98 Å². The zero-order chi connectivity index (χ0) is 10.0. The molecule has 72 valence electrons. The van der Waals surface area contributed by atoms with E-state index in [-0.39, 0.29) is 21.6 Å². The molecule has 0 amide bonds. The van der Waals surface area contributed by atoms with Crippen LogP contribution < -0.4 is 10.5 Å². The third-order valence-electron chi connectivity index (χ3n) is 1.49. The number of alkyl halides is 2. The summed E-state index contributed by atoms with van der Waals surface area (Å²) in [5, 5.41) is 0. The van der Waals surface area contributed by atoms with Crippen LogP contribution in [-0.2, 0) is 0 Å². The smallest absolute Gasteiger partial charge is 0.268 e. The predicted octanol–water partition coefficient (Wildman–Crippen LogP) is 2.37. The van der Waals surface area contributed by atoms with Gasteiger partial charge in [0.05, 0.1) is 23.3 Å². The molecule has 0 aliphatic rings. The van der Waals surface area contributed by atoms with E-state index in [4.69, 9.17) is 10.5 Å². The first kappa shape index (κ1) is 10.2. The van der Waals surface area contributed by atoms with Gasteiger partial charge in [0.1, 0.15) is 11.6 Å². The summed E-state index contributed by atoms with van der Waals surface area (Å²) in [6.07, 6.45) is -1.48. The van der Waals surface area contributed by atoms with Crippen LogP contribution in [0.4, 0.5) is 14.6 Å². The first-order valence-corrected chi connectivity index (χ1v) is 4.13. The summed E-state index contributed by atoms with van der Waals surface area (Å²) in [6.45, 7) is 0. The second kappa shape index (κ2) is 3.87. The van der Waals surface area contributed by atoms with Crippen LogP contribution in [0.2, 0.25) is 0 Å². The number of ether oxygens (including phenoxy) is 1. The third kappa shape index (κ3) is 1.88. The second-order valence-corrected chi connectivity index (χ2v) is 3.03. The molecule has 1 heterocycles. The maximum atomic E-state index is 12.5. The molecule has 1 aromatic rings. The highest BCUT2D eigenvalue weighted by Gasteiger charge is 2.20. The largest absolute Gasteiger partial charge is 0.495 e. The van der Waals surface area contributed by atoms with E-state index in [2.05, 4.69) is 20.9 Å². The van der Waals surface area contributed by atoms with E-state index >= 15 is 0 Å². The monoisotopic (exact) mass is 252 g/mol. The minimum absolute atomic E-state index is 0.0241. The van der Waals surface area contributed by atoms with Crippen LogP contribution in [-0.4, -0.2) is 12.1 Å². The van der Waals surface area contributed by atoms with Gasteiger partial charge in [-0.15, -0.1) is 0 Å². The number of aromatic nitrogens is 1. The molecule has 0 spiro atoms. The molecule has 0 saturated heterocycles. The van der Waals surface area contributed by atoms with Crippen LogP contribution in [0.3, 0.4) is 0 Å². The van der Waals surface area contributed by atoms with Crippen molar-refractivity contribution in [3.8, 4) is 5.75 Å². The van der Waals surface area contributed by atoms with E-state index in [0.717, 1.165) is 0 Å². The van der Waals surface area contributed by atoms with Gasteiger partial charge in [-0.1, -0.05) is 0 Å². The molecule has 0 unspecified atom stereocenters. The minimum Gasteiger partial charge on any atom is -0.495 e. The van der Waals surface area contributed by atoms with Crippen LogP contribution in [0.1, 0.15) is 12.0 Å². The number of nitrogens with zero attached hydrogens (tertiary/aromatic N) is 1. The number of nitrogen functional groups attached to an aromatic ring is 1. The maximum Gasteiger partial charge on any atom is 0.268 e. The van der Waals surface area contributed by atoms with Gasteiger partial charge in [0.2, 0.25) is 0 Å². The molecule has 0 fully saturated rings. The number of anilines is 1. The molecular weight excluding hydrogens is 246 g/mol. The standard InChI is InChI=1S/C7H7BrF2N2O/c1-13-3-2-12-7(11)5(8)4(3)6(9)10/h2,6H,1H3,(H2,11,12). The molecule has 6 heteroatoms. The summed E-state index contributed by atoms with van der Waals surface area (Å²) in [5.74, 6) is 0.0483. The summed E-state index contributed by atoms with van der Waals surface area (Å²) < 4.78 is 29.7. The number of nitrogens with two attached hydrogens (primary N) is 1. The van der Waals surface area contributed by atoms with E-state index in [1.807, 2.05) is 0 Å². The summed E-state index contributed by atoms with van der Waals surface area (Å²) in [4.78, 5) is 3.67. The molecule has 0 bridgehead atoms. The molecule has 0 radical (unpaired) electrons. The van der Waals surface area contributed by atoms with E-state index in [1.54, 1.807) is 0 Å². The predicted molar refractivity (Wildman–Crippen MR) is 47.9 cm³/mol. The highest BCUT2D eigenvalue weighted by Crippen LogP contribution is 2.37. The van der Waals surface area contributed by atoms with Gasteiger partial charge in [-0.2, -0.15) is 0 Å². The van der Waals surface area contributed by atoms with E-state index < -0.39 is 6.43 Å². The number of hydrogen-bond acceptors (Lipinski definition) is 3. The Morgan fingerprint density at radius 2 is 2.23 bits per heavy atom. The van der Waals surface area contributed by atoms with Crippen LogP contribution >= 0.6 is 15.9 Å². The van der Waals surface area contributed by atoms with Gasteiger partial charge in [0, 0.05) is 0 Å². The maximum absolute atomic E-state index is 12.5. The van der Waals surface area contributed by atoms with Crippen LogP contribution in [0, 0.1) is 0 Å². The fourth-order valence-corrected chi connectivity index (χ4v) is 1.34. The molecule has 3 nitrogen and oxygen atoms in total. The van der Waals surface area contributed by atoms with E-state index in [0.29, 0.717) is 0 Å². The summed E-state index contributed by atoms with van der Waals surface area (Å²) in [6, 6.07) is 0. The number of methoxy groups -OCH3 is 1. The van der Waals surface area contributed by atoms with Crippen molar-refractivity contribution in [2.24, 2.45) is 0 Å². The van der Waals surface area contributed by atoms with Gasteiger partial charge in [0.25, 0.3) is 6.43 Å².